The average Bonchev–Trinajstić information content (AvgIpc) is 3.26. The highest BCUT2D eigenvalue weighted by Crippen LogP contribution is 2.61. The monoisotopic (exact) mass is 463 g/mol. The summed E-state index contributed by atoms with van der Waals surface area (Å²) in [7, 11) is 3.30. The Bertz CT molecular complexity index is 1120. The molecule has 6 nitrogen and oxygen atoms in total. The van der Waals surface area contributed by atoms with E-state index in [1.54, 1.807) is 20.4 Å². The largest absolute Gasteiger partial charge is 0.495 e. The van der Waals surface area contributed by atoms with E-state index in [1.165, 1.54) is 30.6 Å². The van der Waals surface area contributed by atoms with Crippen molar-refractivity contribution in [3.05, 3.63) is 42.2 Å². The van der Waals surface area contributed by atoms with E-state index in [0.717, 1.165) is 40.9 Å². The van der Waals surface area contributed by atoms with E-state index in [1.807, 2.05) is 35.2 Å². The third kappa shape index (κ3) is 3.48. The van der Waals surface area contributed by atoms with Crippen LogP contribution in [0.2, 0.25) is 0 Å². The SMILES string of the molecule is COc1ccc(OC)c2sc(N(Cc3ccccn3)C(=O)C34CC5CC(CC(C5)C3)C4)nc12. The zero-order valence-electron chi connectivity index (χ0n) is 19.1. The van der Waals surface area contributed by atoms with Gasteiger partial charge in [0.05, 0.1) is 31.9 Å². The first kappa shape index (κ1) is 20.9. The molecule has 0 atom stereocenters. The van der Waals surface area contributed by atoms with Gasteiger partial charge in [-0.05, 0) is 80.5 Å². The Kier molecular flexibility index (Phi) is 5.05. The van der Waals surface area contributed by atoms with Crippen molar-refractivity contribution in [1.82, 2.24) is 9.97 Å². The molecule has 4 saturated carbocycles. The Morgan fingerprint density at radius 2 is 1.70 bits per heavy atom. The quantitative estimate of drug-likeness (QED) is 0.486. The van der Waals surface area contributed by atoms with E-state index in [2.05, 4.69) is 4.98 Å². The number of amides is 1. The van der Waals surface area contributed by atoms with Crippen LogP contribution in [-0.2, 0) is 11.3 Å². The number of pyridine rings is 1. The van der Waals surface area contributed by atoms with Gasteiger partial charge in [-0.1, -0.05) is 17.4 Å². The number of aromatic nitrogens is 2. The topological polar surface area (TPSA) is 64.6 Å². The van der Waals surface area contributed by atoms with Gasteiger partial charge < -0.3 is 9.47 Å². The second kappa shape index (κ2) is 7.97. The molecule has 7 heteroatoms. The van der Waals surface area contributed by atoms with Gasteiger partial charge in [-0.15, -0.1) is 0 Å². The number of nitrogens with zero attached hydrogens (tertiary/aromatic N) is 3. The molecule has 0 N–H and O–H groups in total. The summed E-state index contributed by atoms with van der Waals surface area (Å²) in [5, 5.41) is 0.694. The molecule has 1 aromatic carbocycles. The standard InChI is InChI=1S/C26H29N3O3S/c1-31-20-6-7-21(32-2)23-22(20)28-25(33-23)29(15-19-5-3-4-8-27-19)24(30)26-12-16-9-17(13-26)11-18(10-16)14-26/h3-8,16-18H,9-15H2,1-2H3. The van der Waals surface area contributed by atoms with Gasteiger partial charge in [-0.25, -0.2) is 4.98 Å². The zero-order valence-corrected chi connectivity index (χ0v) is 19.9. The molecular formula is C26H29N3O3S. The number of benzene rings is 1. The molecule has 0 spiro atoms. The number of hydrogen-bond acceptors (Lipinski definition) is 6. The molecule has 7 rings (SSSR count). The lowest BCUT2D eigenvalue weighted by molar-refractivity contribution is -0.143. The summed E-state index contributed by atoms with van der Waals surface area (Å²) in [5.41, 5.74) is 1.35. The molecule has 4 aliphatic carbocycles. The number of carbonyl (C=O) groups is 1. The Hall–Kier alpha value is -2.67. The van der Waals surface area contributed by atoms with Crippen LogP contribution in [0.5, 0.6) is 11.5 Å². The Morgan fingerprint density at radius 3 is 2.30 bits per heavy atom. The van der Waals surface area contributed by atoms with Crippen molar-refractivity contribution in [3.8, 4) is 11.5 Å². The first-order valence-corrected chi connectivity index (χ1v) is 12.6. The summed E-state index contributed by atoms with van der Waals surface area (Å²) in [5.74, 6) is 3.76. The molecule has 0 saturated heterocycles. The maximum absolute atomic E-state index is 14.4. The van der Waals surface area contributed by atoms with Crippen molar-refractivity contribution in [2.75, 3.05) is 19.1 Å². The van der Waals surface area contributed by atoms with Gasteiger partial charge >= 0.3 is 0 Å². The van der Waals surface area contributed by atoms with Crippen LogP contribution < -0.4 is 14.4 Å². The van der Waals surface area contributed by atoms with E-state index < -0.39 is 0 Å². The zero-order chi connectivity index (χ0) is 22.6. The normalized spacial score (nSPS) is 27.6. The van der Waals surface area contributed by atoms with Crippen LogP contribution in [0.3, 0.4) is 0 Å². The molecule has 4 fully saturated rings. The summed E-state index contributed by atoms with van der Waals surface area (Å²) in [6, 6.07) is 9.62. The minimum Gasteiger partial charge on any atom is -0.495 e. The van der Waals surface area contributed by atoms with Crippen molar-refractivity contribution in [2.24, 2.45) is 23.2 Å². The van der Waals surface area contributed by atoms with E-state index in [-0.39, 0.29) is 11.3 Å². The Labute approximate surface area is 197 Å². The molecule has 4 aliphatic rings. The van der Waals surface area contributed by atoms with E-state index in [9.17, 15) is 4.79 Å². The number of carbonyl (C=O) groups excluding carboxylic acids is 1. The smallest absolute Gasteiger partial charge is 0.235 e. The molecule has 33 heavy (non-hydrogen) atoms. The number of thiazole rings is 1. The second-order valence-corrected chi connectivity index (χ2v) is 11.0. The highest BCUT2D eigenvalue weighted by molar-refractivity contribution is 7.22. The Morgan fingerprint density at radius 1 is 1.03 bits per heavy atom. The van der Waals surface area contributed by atoms with Gasteiger partial charge in [0.2, 0.25) is 5.91 Å². The van der Waals surface area contributed by atoms with Gasteiger partial charge in [-0.2, -0.15) is 0 Å². The molecule has 0 aliphatic heterocycles. The van der Waals surface area contributed by atoms with Crippen LogP contribution >= 0.6 is 11.3 Å². The molecule has 0 radical (unpaired) electrons. The van der Waals surface area contributed by atoms with E-state index >= 15 is 0 Å². The highest BCUT2D eigenvalue weighted by atomic mass is 32.1. The summed E-state index contributed by atoms with van der Waals surface area (Å²) < 4.78 is 12.1. The predicted octanol–water partition coefficient (Wildman–Crippen LogP) is 5.46. The molecule has 172 valence electrons. The maximum atomic E-state index is 14.4. The summed E-state index contributed by atoms with van der Waals surface area (Å²) in [4.78, 5) is 25.7. The lowest BCUT2D eigenvalue weighted by Gasteiger charge is -2.56. The third-order valence-electron chi connectivity index (χ3n) is 7.91. The van der Waals surface area contributed by atoms with Crippen molar-refractivity contribution in [3.63, 3.8) is 0 Å². The predicted molar refractivity (Wildman–Crippen MR) is 129 cm³/mol. The van der Waals surface area contributed by atoms with Crippen LogP contribution in [0.4, 0.5) is 5.13 Å². The van der Waals surface area contributed by atoms with Gasteiger partial charge in [0, 0.05) is 6.20 Å². The van der Waals surface area contributed by atoms with Crippen LogP contribution in [0.1, 0.15) is 44.2 Å². The van der Waals surface area contributed by atoms with Crippen LogP contribution in [0.15, 0.2) is 36.5 Å². The fourth-order valence-electron chi connectivity index (χ4n) is 6.93. The lowest BCUT2D eigenvalue weighted by Crippen LogP contribution is -2.54. The Balaban J connectivity index is 1.44. The van der Waals surface area contributed by atoms with Crippen molar-refractivity contribution in [1.29, 1.82) is 0 Å². The minimum absolute atomic E-state index is 0.226. The fourth-order valence-corrected chi connectivity index (χ4v) is 8.00. The first-order chi connectivity index (χ1) is 16.1. The van der Waals surface area contributed by atoms with Crippen LogP contribution in [-0.4, -0.2) is 30.1 Å². The first-order valence-electron chi connectivity index (χ1n) is 11.8. The van der Waals surface area contributed by atoms with Crippen LogP contribution in [0.25, 0.3) is 10.2 Å². The fraction of sp³-hybridized carbons (Fsp3) is 0.500. The number of hydrogen-bond donors (Lipinski definition) is 0. The molecule has 2 heterocycles. The molecular weight excluding hydrogens is 434 g/mol. The summed E-state index contributed by atoms with van der Waals surface area (Å²) >= 11 is 1.50. The minimum atomic E-state index is -0.254. The second-order valence-electron chi connectivity index (χ2n) is 10.1. The molecule has 2 aromatic heterocycles. The summed E-state index contributed by atoms with van der Waals surface area (Å²) in [6.07, 6.45) is 8.77. The maximum Gasteiger partial charge on any atom is 0.235 e. The number of ether oxygens (including phenoxy) is 2. The molecule has 1 amide bonds. The van der Waals surface area contributed by atoms with Gasteiger partial charge in [0.1, 0.15) is 21.7 Å². The van der Waals surface area contributed by atoms with Crippen molar-refractivity contribution in [2.45, 2.75) is 45.1 Å². The molecule has 0 unspecified atom stereocenters. The molecule has 3 aromatic rings. The van der Waals surface area contributed by atoms with Gasteiger partial charge in [-0.3, -0.25) is 14.7 Å². The number of rotatable bonds is 6. The van der Waals surface area contributed by atoms with E-state index in [0.29, 0.717) is 35.2 Å². The lowest BCUT2D eigenvalue weighted by atomic mass is 9.49. The average molecular weight is 464 g/mol. The van der Waals surface area contributed by atoms with Gasteiger partial charge in [0.15, 0.2) is 5.13 Å². The van der Waals surface area contributed by atoms with Crippen molar-refractivity contribution >= 4 is 32.6 Å². The third-order valence-corrected chi connectivity index (χ3v) is 9.01. The summed E-state index contributed by atoms with van der Waals surface area (Å²) in [6.45, 7) is 0.422. The number of anilines is 1. The van der Waals surface area contributed by atoms with Gasteiger partial charge in [0.25, 0.3) is 0 Å². The number of methoxy groups -OCH3 is 2. The molecule has 4 bridgehead atoms. The number of fused-ring (bicyclic) bond motifs is 1. The highest BCUT2D eigenvalue weighted by Gasteiger charge is 2.56. The van der Waals surface area contributed by atoms with E-state index in [4.69, 9.17) is 14.5 Å². The van der Waals surface area contributed by atoms with Crippen molar-refractivity contribution < 1.29 is 14.3 Å². The van der Waals surface area contributed by atoms with Crippen LogP contribution in [0, 0.1) is 23.2 Å².